The van der Waals surface area contributed by atoms with E-state index >= 15 is 0 Å². The minimum absolute atomic E-state index is 0.0732. The van der Waals surface area contributed by atoms with Crippen LogP contribution in [-0.2, 0) is 17.8 Å². The zero-order chi connectivity index (χ0) is 21.5. The summed E-state index contributed by atoms with van der Waals surface area (Å²) in [6.07, 6.45) is 0.608. The molecule has 0 radical (unpaired) electrons. The number of carbonyl (C=O) groups is 1. The number of amides is 1. The Morgan fingerprint density at radius 1 is 1.07 bits per heavy atom. The second kappa shape index (κ2) is 10.2. The number of hydrogen-bond acceptors (Lipinski definition) is 6. The summed E-state index contributed by atoms with van der Waals surface area (Å²) < 4.78 is 12.7. The zero-order valence-electron chi connectivity index (χ0n) is 17.6. The molecule has 1 amide bonds. The van der Waals surface area contributed by atoms with Gasteiger partial charge in [0.2, 0.25) is 5.91 Å². The highest BCUT2D eigenvalue weighted by Crippen LogP contribution is 2.28. The lowest BCUT2D eigenvalue weighted by Crippen LogP contribution is -2.14. The number of anilines is 1. The minimum Gasteiger partial charge on any atom is -0.493 e. The Labute approximate surface area is 180 Å². The summed E-state index contributed by atoms with van der Waals surface area (Å²) in [6.45, 7) is 4.77. The van der Waals surface area contributed by atoms with Crippen LogP contribution in [0, 0.1) is 6.92 Å². The number of aromatic nitrogens is 3. The van der Waals surface area contributed by atoms with Gasteiger partial charge in [0.15, 0.2) is 16.7 Å². The van der Waals surface area contributed by atoms with Gasteiger partial charge in [0.05, 0.1) is 20.0 Å². The molecule has 1 aromatic heterocycles. The lowest BCUT2D eigenvalue weighted by Gasteiger charge is -2.10. The van der Waals surface area contributed by atoms with Crippen molar-refractivity contribution in [2.45, 2.75) is 32.0 Å². The van der Waals surface area contributed by atoms with Gasteiger partial charge in [-0.3, -0.25) is 4.79 Å². The van der Waals surface area contributed by atoms with Crippen LogP contribution in [-0.4, -0.2) is 40.6 Å². The third kappa shape index (κ3) is 5.33. The second-order valence-corrected chi connectivity index (χ2v) is 7.65. The number of rotatable bonds is 9. The molecule has 8 heteroatoms. The maximum atomic E-state index is 12.3. The minimum atomic E-state index is -0.0732. The molecular weight excluding hydrogens is 400 g/mol. The summed E-state index contributed by atoms with van der Waals surface area (Å²) in [5.41, 5.74) is 2.99. The van der Waals surface area contributed by atoms with Crippen LogP contribution >= 0.6 is 11.8 Å². The van der Waals surface area contributed by atoms with E-state index in [-0.39, 0.29) is 11.7 Å². The molecule has 2 aromatic carbocycles. The van der Waals surface area contributed by atoms with E-state index in [0.717, 1.165) is 34.3 Å². The number of methoxy groups -OCH3 is 2. The average Bonchev–Trinajstić information content (AvgIpc) is 3.15. The monoisotopic (exact) mass is 426 g/mol. The van der Waals surface area contributed by atoms with Gasteiger partial charge in [-0.25, -0.2) is 0 Å². The van der Waals surface area contributed by atoms with E-state index in [1.165, 1.54) is 11.8 Å². The van der Waals surface area contributed by atoms with Crippen molar-refractivity contribution in [2.75, 3.05) is 25.3 Å². The van der Waals surface area contributed by atoms with Crippen molar-refractivity contribution in [3.8, 4) is 11.5 Å². The van der Waals surface area contributed by atoms with Gasteiger partial charge in [0.1, 0.15) is 5.82 Å². The molecule has 0 unspecified atom stereocenters. The number of ether oxygens (including phenoxy) is 2. The van der Waals surface area contributed by atoms with Gasteiger partial charge in [-0.05, 0) is 43.7 Å². The zero-order valence-corrected chi connectivity index (χ0v) is 18.5. The van der Waals surface area contributed by atoms with Crippen LogP contribution in [0.1, 0.15) is 23.9 Å². The van der Waals surface area contributed by atoms with Crippen molar-refractivity contribution < 1.29 is 14.3 Å². The molecule has 0 aliphatic rings. The Hall–Kier alpha value is -3.00. The van der Waals surface area contributed by atoms with E-state index in [4.69, 9.17) is 9.47 Å². The topological polar surface area (TPSA) is 78.3 Å². The molecule has 0 aliphatic carbocycles. The average molecular weight is 427 g/mol. The van der Waals surface area contributed by atoms with Crippen LogP contribution in [0.2, 0.25) is 0 Å². The van der Waals surface area contributed by atoms with Crippen LogP contribution in [0.4, 0.5) is 5.69 Å². The second-order valence-electron chi connectivity index (χ2n) is 6.71. The maximum absolute atomic E-state index is 12.3. The number of nitrogens with zero attached hydrogens (tertiary/aromatic N) is 3. The number of aryl methyl sites for hydroxylation is 1. The Morgan fingerprint density at radius 3 is 2.47 bits per heavy atom. The molecule has 3 rings (SSSR count). The highest BCUT2D eigenvalue weighted by atomic mass is 32.2. The van der Waals surface area contributed by atoms with Crippen LogP contribution in [0.25, 0.3) is 0 Å². The largest absolute Gasteiger partial charge is 0.493 e. The summed E-state index contributed by atoms with van der Waals surface area (Å²) >= 11 is 1.38. The third-order valence-electron chi connectivity index (χ3n) is 4.59. The summed E-state index contributed by atoms with van der Waals surface area (Å²) in [4.78, 5) is 12.3. The molecule has 0 saturated heterocycles. The smallest absolute Gasteiger partial charge is 0.234 e. The van der Waals surface area contributed by atoms with Crippen LogP contribution in [0.5, 0.6) is 11.5 Å². The van der Waals surface area contributed by atoms with Crippen LogP contribution in [0.3, 0.4) is 0 Å². The Bertz CT molecular complexity index is 1000. The molecule has 30 heavy (non-hydrogen) atoms. The standard InChI is InChI=1S/C22H26N4O3S/c1-5-26-20(13-16-8-11-18(28-3)19(12-16)29-4)24-25-22(26)30-14-21(27)23-17-9-6-15(2)7-10-17/h6-12H,5,13-14H2,1-4H3,(H,23,27). The van der Waals surface area contributed by atoms with Crippen molar-refractivity contribution in [1.82, 2.24) is 14.8 Å². The van der Waals surface area contributed by atoms with Gasteiger partial charge in [-0.2, -0.15) is 0 Å². The molecule has 0 spiro atoms. The van der Waals surface area contributed by atoms with Crippen molar-refractivity contribution >= 4 is 23.4 Å². The van der Waals surface area contributed by atoms with Crippen molar-refractivity contribution in [3.63, 3.8) is 0 Å². The van der Waals surface area contributed by atoms with Gasteiger partial charge in [-0.15, -0.1) is 10.2 Å². The van der Waals surface area contributed by atoms with E-state index < -0.39 is 0 Å². The van der Waals surface area contributed by atoms with Crippen LogP contribution < -0.4 is 14.8 Å². The molecule has 0 saturated carbocycles. The third-order valence-corrected chi connectivity index (χ3v) is 5.55. The van der Waals surface area contributed by atoms with Gasteiger partial charge < -0.3 is 19.4 Å². The van der Waals surface area contributed by atoms with E-state index in [0.29, 0.717) is 17.9 Å². The Balaban J connectivity index is 1.65. The predicted molar refractivity (Wildman–Crippen MR) is 119 cm³/mol. The molecule has 7 nitrogen and oxygen atoms in total. The van der Waals surface area contributed by atoms with E-state index in [1.807, 2.05) is 60.9 Å². The molecule has 0 atom stereocenters. The van der Waals surface area contributed by atoms with Crippen molar-refractivity contribution in [2.24, 2.45) is 0 Å². The van der Waals surface area contributed by atoms with Gasteiger partial charge >= 0.3 is 0 Å². The quantitative estimate of drug-likeness (QED) is 0.522. The number of hydrogen-bond donors (Lipinski definition) is 1. The highest BCUT2D eigenvalue weighted by molar-refractivity contribution is 7.99. The van der Waals surface area contributed by atoms with Gasteiger partial charge in [0, 0.05) is 18.7 Å². The first-order valence-corrected chi connectivity index (χ1v) is 10.6. The highest BCUT2D eigenvalue weighted by Gasteiger charge is 2.15. The van der Waals surface area contributed by atoms with Gasteiger partial charge in [0.25, 0.3) is 0 Å². The number of carbonyl (C=O) groups excluding carboxylic acids is 1. The lowest BCUT2D eigenvalue weighted by atomic mass is 10.1. The molecular formula is C22H26N4O3S. The summed E-state index contributed by atoms with van der Waals surface area (Å²) in [5, 5.41) is 12.3. The number of nitrogens with one attached hydrogen (secondary N) is 1. The van der Waals surface area contributed by atoms with Gasteiger partial charge in [-0.1, -0.05) is 35.5 Å². The Kier molecular flexibility index (Phi) is 7.35. The fourth-order valence-electron chi connectivity index (χ4n) is 3.01. The van der Waals surface area contributed by atoms with Crippen molar-refractivity contribution in [3.05, 3.63) is 59.4 Å². The first kappa shape index (κ1) is 21.7. The summed E-state index contributed by atoms with van der Waals surface area (Å²) in [7, 11) is 3.23. The van der Waals surface area contributed by atoms with Crippen molar-refractivity contribution in [1.29, 1.82) is 0 Å². The maximum Gasteiger partial charge on any atom is 0.234 e. The molecule has 0 bridgehead atoms. The van der Waals surface area contributed by atoms with E-state index in [2.05, 4.69) is 15.5 Å². The summed E-state index contributed by atoms with van der Waals surface area (Å²) in [6, 6.07) is 13.5. The first-order chi connectivity index (χ1) is 14.5. The fourth-order valence-corrected chi connectivity index (χ4v) is 3.83. The molecule has 1 N–H and O–H groups in total. The molecule has 158 valence electrons. The SMILES string of the molecule is CCn1c(Cc2ccc(OC)c(OC)c2)nnc1SCC(=O)Nc1ccc(C)cc1. The lowest BCUT2D eigenvalue weighted by molar-refractivity contribution is -0.113. The fraction of sp³-hybridized carbons (Fsp3) is 0.318. The Morgan fingerprint density at radius 2 is 1.80 bits per heavy atom. The number of benzene rings is 2. The molecule has 0 aliphatic heterocycles. The molecule has 0 fully saturated rings. The number of thioether (sulfide) groups is 1. The molecule has 3 aromatic rings. The molecule has 1 heterocycles. The summed E-state index contributed by atoms with van der Waals surface area (Å²) in [5.74, 6) is 2.40. The predicted octanol–water partition coefficient (Wildman–Crippen LogP) is 3.95. The van der Waals surface area contributed by atoms with Crippen LogP contribution in [0.15, 0.2) is 47.6 Å². The van der Waals surface area contributed by atoms with E-state index in [1.54, 1.807) is 14.2 Å². The first-order valence-electron chi connectivity index (χ1n) is 9.66. The van der Waals surface area contributed by atoms with E-state index in [9.17, 15) is 4.79 Å². The normalized spacial score (nSPS) is 10.7.